The first-order valence-electron chi connectivity index (χ1n) is 12.2. The molecule has 0 aliphatic carbocycles. The van der Waals surface area contributed by atoms with E-state index in [9.17, 15) is 14.7 Å². The summed E-state index contributed by atoms with van der Waals surface area (Å²) >= 11 is 10.8. The highest BCUT2D eigenvalue weighted by Crippen LogP contribution is 2.37. The number of amides is 1. The van der Waals surface area contributed by atoms with Crippen molar-refractivity contribution in [2.24, 2.45) is 4.99 Å². The summed E-state index contributed by atoms with van der Waals surface area (Å²) in [4.78, 5) is 31.8. The van der Waals surface area contributed by atoms with E-state index in [2.05, 4.69) is 15.9 Å². The molecule has 4 aromatic carbocycles. The maximum atomic E-state index is 13.7. The van der Waals surface area contributed by atoms with Gasteiger partial charge < -0.3 is 9.84 Å². The van der Waals surface area contributed by atoms with Gasteiger partial charge in [-0.15, -0.1) is 0 Å². The first-order valence-corrected chi connectivity index (χ1v) is 14.2. The van der Waals surface area contributed by atoms with Crippen LogP contribution in [0.5, 0.6) is 5.75 Å². The second-order valence-electron chi connectivity index (χ2n) is 8.83. The minimum atomic E-state index is -1.00. The van der Waals surface area contributed by atoms with Crippen molar-refractivity contribution in [2.75, 3.05) is 0 Å². The highest BCUT2D eigenvalue weighted by atomic mass is 79.9. The van der Waals surface area contributed by atoms with E-state index in [0.717, 1.165) is 26.9 Å². The molecule has 0 radical (unpaired) electrons. The molecular weight excluding hydrogens is 612 g/mol. The summed E-state index contributed by atoms with van der Waals surface area (Å²) in [5, 5.41) is 10.4. The Hall–Kier alpha value is -3.85. The van der Waals surface area contributed by atoms with Crippen LogP contribution in [0.1, 0.15) is 27.0 Å². The van der Waals surface area contributed by atoms with Crippen LogP contribution >= 0.6 is 39.3 Å². The van der Waals surface area contributed by atoms with E-state index in [1.165, 1.54) is 23.9 Å². The lowest BCUT2D eigenvalue weighted by Gasteiger charge is -2.16. The van der Waals surface area contributed by atoms with Gasteiger partial charge in [0.05, 0.1) is 22.7 Å². The molecule has 0 spiro atoms. The number of carbonyl (C=O) groups excluding carboxylic acids is 1. The van der Waals surface area contributed by atoms with Gasteiger partial charge in [0.1, 0.15) is 12.4 Å². The number of thioether (sulfide) groups is 1. The number of nitrogens with zero attached hydrogens (tertiary/aromatic N) is 2. The third-order valence-corrected chi connectivity index (χ3v) is 7.73. The number of rotatable bonds is 8. The molecule has 0 aromatic heterocycles. The van der Waals surface area contributed by atoms with Crippen LogP contribution in [0.3, 0.4) is 0 Å². The number of hydrogen-bond donors (Lipinski definition) is 1. The molecule has 6 nitrogen and oxygen atoms in total. The quantitative estimate of drug-likeness (QED) is 0.198. The zero-order valence-corrected chi connectivity index (χ0v) is 24.1. The summed E-state index contributed by atoms with van der Waals surface area (Å²) in [5.41, 5.74) is 3.40. The van der Waals surface area contributed by atoms with E-state index >= 15 is 0 Å². The highest BCUT2D eigenvalue weighted by molar-refractivity contribution is 9.10. The summed E-state index contributed by atoms with van der Waals surface area (Å²) in [5.74, 6) is -0.576. The normalized spacial score (nSPS) is 15.2. The molecule has 1 saturated heterocycles. The number of para-hydroxylation sites is 1. The van der Waals surface area contributed by atoms with Gasteiger partial charge in [-0.25, -0.2) is 9.79 Å². The Labute approximate surface area is 249 Å². The van der Waals surface area contributed by atoms with Gasteiger partial charge >= 0.3 is 5.97 Å². The molecule has 40 heavy (non-hydrogen) atoms. The van der Waals surface area contributed by atoms with Crippen molar-refractivity contribution in [1.29, 1.82) is 0 Å². The summed E-state index contributed by atoms with van der Waals surface area (Å²) < 4.78 is 6.97. The number of carboxylic acids is 1. The first kappa shape index (κ1) is 27.7. The maximum absolute atomic E-state index is 13.7. The largest absolute Gasteiger partial charge is 0.488 e. The monoisotopic (exact) mass is 632 g/mol. The average Bonchev–Trinajstić information content (AvgIpc) is 3.23. The first-order chi connectivity index (χ1) is 19.4. The molecule has 1 heterocycles. The second-order valence-corrected chi connectivity index (χ2v) is 11.2. The van der Waals surface area contributed by atoms with Crippen LogP contribution in [-0.2, 0) is 17.9 Å². The number of amidine groups is 1. The van der Waals surface area contributed by atoms with Gasteiger partial charge in [-0.2, -0.15) is 0 Å². The number of halogens is 2. The molecule has 1 amide bonds. The van der Waals surface area contributed by atoms with Crippen LogP contribution in [-0.4, -0.2) is 27.1 Å². The predicted octanol–water partition coefficient (Wildman–Crippen LogP) is 8.18. The molecule has 5 rings (SSSR count). The zero-order valence-electron chi connectivity index (χ0n) is 21.0. The highest BCUT2D eigenvalue weighted by Gasteiger charge is 2.34. The van der Waals surface area contributed by atoms with Gasteiger partial charge in [0.25, 0.3) is 5.91 Å². The molecule has 0 atom stereocenters. The van der Waals surface area contributed by atoms with Gasteiger partial charge in [0.15, 0.2) is 5.17 Å². The van der Waals surface area contributed by atoms with Crippen LogP contribution in [0, 0.1) is 0 Å². The maximum Gasteiger partial charge on any atom is 0.335 e. The van der Waals surface area contributed by atoms with Crippen LogP contribution in [0.25, 0.3) is 6.08 Å². The summed E-state index contributed by atoms with van der Waals surface area (Å²) in [6, 6.07) is 29.0. The number of aromatic carboxylic acids is 1. The fourth-order valence-electron chi connectivity index (χ4n) is 3.93. The number of benzene rings is 4. The van der Waals surface area contributed by atoms with Crippen molar-refractivity contribution >= 4 is 68.1 Å². The van der Waals surface area contributed by atoms with Crippen molar-refractivity contribution in [3.8, 4) is 5.75 Å². The molecule has 1 aliphatic heterocycles. The molecule has 1 N–H and O–H groups in total. The molecule has 0 unspecified atom stereocenters. The Morgan fingerprint density at radius 3 is 2.38 bits per heavy atom. The molecule has 1 fully saturated rings. The Morgan fingerprint density at radius 2 is 1.68 bits per heavy atom. The molecule has 200 valence electrons. The fraction of sp³-hybridized carbons (Fsp3) is 0.0645. The van der Waals surface area contributed by atoms with Crippen LogP contribution in [0.4, 0.5) is 5.69 Å². The Balaban J connectivity index is 1.45. The minimum absolute atomic E-state index is 0.186. The topological polar surface area (TPSA) is 79.2 Å². The van der Waals surface area contributed by atoms with Crippen LogP contribution < -0.4 is 4.74 Å². The van der Waals surface area contributed by atoms with Crippen molar-refractivity contribution in [2.45, 2.75) is 13.2 Å². The lowest BCUT2D eigenvalue weighted by molar-refractivity contribution is -0.122. The molecular formula is C31H22BrClN2O4S. The molecule has 1 aliphatic rings. The zero-order chi connectivity index (χ0) is 28.1. The number of aliphatic imine (C=N–C) groups is 1. The van der Waals surface area contributed by atoms with Gasteiger partial charge in [0.2, 0.25) is 0 Å². The molecule has 4 aromatic rings. The lowest BCUT2D eigenvalue weighted by atomic mass is 10.1. The van der Waals surface area contributed by atoms with Crippen molar-refractivity contribution in [1.82, 2.24) is 4.90 Å². The molecule has 9 heteroatoms. The van der Waals surface area contributed by atoms with E-state index < -0.39 is 5.97 Å². The number of hydrogen-bond acceptors (Lipinski definition) is 5. The average molecular weight is 634 g/mol. The smallest absolute Gasteiger partial charge is 0.335 e. The van der Waals surface area contributed by atoms with E-state index in [1.807, 2.05) is 78.9 Å². The fourth-order valence-corrected chi connectivity index (χ4v) is 5.42. The second kappa shape index (κ2) is 12.6. The third-order valence-electron chi connectivity index (χ3n) is 5.98. The van der Waals surface area contributed by atoms with Gasteiger partial charge in [-0.3, -0.25) is 9.69 Å². The number of ether oxygens (including phenoxy) is 1. The van der Waals surface area contributed by atoms with E-state index in [-0.39, 0.29) is 18.0 Å². The summed E-state index contributed by atoms with van der Waals surface area (Å²) in [6.45, 7) is 0.586. The van der Waals surface area contributed by atoms with Crippen molar-refractivity contribution in [3.63, 3.8) is 0 Å². The Kier molecular flexibility index (Phi) is 8.69. The van der Waals surface area contributed by atoms with Crippen LogP contribution in [0.15, 0.2) is 111 Å². The number of carboxylic acid groups (broad SMARTS) is 1. The van der Waals surface area contributed by atoms with Crippen molar-refractivity contribution < 1.29 is 19.4 Å². The molecule has 0 saturated carbocycles. The van der Waals surface area contributed by atoms with E-state index in [0.29, 0.717) is 27.5 Å². The SMILES string of the molecule is O=C(O)c1ccc(CN2C(=O)/C(=C/c3cc(Br)ccc3OCc3ccc(Cl)cc3)SC2=Nc2ccccc2)cc1. The van der Waals surface area contributed by atoms with E-state index in [4.69, 9.17) is 21.3 Å². The van der Waals surface area contributed by atoms with E-state index in [1.54, 1.807) is 17.0 Å². The Morgan fingerprint density at radius 1 is 0.975 bits per heavy atom. The van der Waals surface area contributed by atoms with Gasteiger partial charge in [0, 0.05) is 15.1 Å². The van der Waals surface area contributed by atoms with Gasteiger partial charge in [-0.1, -0.05) is 70.0 Å². The third kappa shape index (κ3) is 6.83. The minimum Gasteiger partial charge on any atom is -0.488 e. The number of carbonyl (C=O) groups is 2. The predicted molar refractivity (Wildman–Crippen MR) is 163 cm³/mol. The van der Waals surface area contributed by atoms with Crippen LogP contribution in [0.2, 0.25) is 5.02 Å². The standard InChI is InChI=1S/C31H22BrClN2O4S/c32-24-12-15-27(39-19-21-8-13-25(33)14-9-21)23(16-24)17-28-29(36)35(18-20-6-10-22(11-7-20)30(37)38)31(40-28)34-26-4-2-1-3-5-26/h1-17H,18-19H2,(H,37,38)/b28-17-,34-31?. The molecule has 0 bridgehead atoms. The Bertz CT molecular complexity index is 1610. The summed E-state index contributed by atoms with van der Waals surface area (Å²) in [7, 11) is 0. The van der Waals surface area contributed by atoms with Crippen molar-refractivity contribution in [3.05, 3.63) is 134 Å². The van der Waals surface area contributed by atoms with Gasteiger partial charge in [-0.05, 0) is 83.6 Å². The lowest BCUT2D eigenvalue weighted by Crippen LogP contribution is -2.28. The summed E-state index contributed by atoms with van der Waals surface area (Å²) in [6.07, 6.45) is 1.81.